The number of fused-ring (bicyclic) bond motifs is 2. The topological polar surface area (TPSA) is 6.48 Å². The van der Waals surface area contributed by atoms with Gasteiger partial charge in [-0.1, -0.05) is 30.4 Å². The Morgan fingerprint density at radius 1 is 1.00 bits per heavy atom. The SMILES string of the molecule is Cc1ccccc1N1CCN(CC2CCC3C=CC2C3)CC1. The van der Waals surface area contributed by atoms with E-state index in [0.717, 1.165) is 17.8 Å². The normalized spacial score (nSPS) is 31.7. The van der Waals surface area contributed by atoms with Crippen LogP contribution in [0.5, 0.6) is 0 Å². The molecule has 22 heavy (non-hydrogen) atoms. The van der Waals surface area contributed by atoms with Crippen LogP contribution in [0.4, 0.5) is 5.69 Å². The number of hydrogen-bond donors (Lipinski definition) is 0. The molecule has 0 N–H and O–H groups in total. The molecule has 1 heterocycles. The van der Waals surface area contributed by atoms with Crippen molar-refractivity contribution in [1.82, 2.24) is 4.90 Å². The minimum absolute atomic E-state index is 0.883. The van der Waals surface area contributed by atoms with Crippen LogP contribution in [-0.4, -0.2) is 37.6 Å². The number of piperazine rings is 1. The minimum Gasteiger partial charge on any atom is -0.369 e. The summed E-state index contributed by atoms with van der Waals surface area (Å²) >= 11 is 0. The maximum atomic E-state index is 2.71. The van der Waals surface area contributed by atoms with Crippen LogP contribution in [0.2, 0.25) is 0 Å². The lowest BCUT2D eigenvalue weighted by Crippen LogP contribution is -2.48. The standard InChI is InChI=1S/C20H28N2/c1-16-4-2-3-5-20(16)22-12-10-21(11-13-22)15-19-9-7-17-6-8-18(19)14-17/h2-6,8,17-19H,7,9-15H2,1H3. The molecule has 3 atom stereocenters. The molecule has 4 rings (SSSR count). The highest BCUT2D eigenvalue weighted by Crippen LogP contribution is 2.40. The zero-order valence-electron chi connectivity index (χ0n) is 13.7. The highest BCUT2D eigenvalue weighted by Gasteiger charge is 2.33. The van der Waals surface area contributed by atoms with Crippen LogP contribution in [0.1, 0.15) is 24.8 Å². The van der Waals surface area contributed by atoms with Crippen molar-refractivity contribution in [1.29, 1.82) is 0 Å². The van der Waals surface area contributed by atoms with Gasteiger partial charge in [-0.3, -0.25) is 4.90 Å². The molecule has 3 aliphatic rings. The second-order valence-corrected chi connectivity index (χ2v) is 7.46. The summed E-state index contributed by atoms with van der Waals surface area (Å²) in [6, 6.07) is 8.81. The van der Waals surface area contributed by atoms with Crippen molar-refractivity contribution in [2.24, 2.45) is 17.8 Å². The molecule has 3 unspecified atom stereocenters. The summed E-state index contributed by atoms with van der Waals surface area (Å²) in [5, 5.41) is 0. The number of anilines is 1. The molecule has 1 saturated carbocycles. The van der Waals surface area contributed by atoms with Gasteiger partial charge in [-0.25, -0.2) is 0 Å². The second-order valence-electron chi connectivity index (χ2n) is 7.46. The van der Waals surface area contributed by atoms with Crippen molar-refractivity contribution < 1.29 is 0 Å². The van der Waals surface area contributed by atoms with E-state index in [4.69, 9.17) is 0 Å². The maximum absolute atomic E-state index is 2.71. The molecule has 118 valence electrons. The summed E-state index contributed by atoms with van der Waals surface area (Å²) in [4.78, 5) is 5.28. The lowest BCUT2D eigenvalue weighted by Gasteiger charge is -2.40. The highest BCUT2D eigenvalue weighted by atomic mass is 15.3. The van der Waals surface area contributed by atoms with Gasteiger partial charge in [-0.15, -0.1) is 0 Å². The van der Waals surface area contributed by atoms with Crippen LogP contribution < -0.4 is 4.90 Å². The van der Waals surface area contributed by atoms with Gasteiger partial charge in [-0.05, 0) is 55.6 Å². The van der Waals surface area contributed by atoms with E-state index in [-0.39, 0.29) is 0 Å². The predicted octanol–water partition coefficient (Wildman–Crippen LogP) is 3.72. The monoisotopic (exact) mass is 296 g/mol. The fourth-order valence-electron chi connectivity index (χ4n) is 4.66. The Morgan fingerprint density at radius 2 is 1.82 bits per heavy atom. The smallest absolute Gasteiger partial charge is 0.0396 e. The van der Waals surface area contributed by atoms with Crippen molar-refractivity contribution >= 4 is 5.69 Å². The van der Waals surface area contributed by atoms with Crippen molar-refractivity contribution in [3.63, 3.8) is 0 Å². The second kappa shape index (κ2) is 6.08. The molecule has 0 radical (unpaired) electrons. The third-order valence-electron chi connectivity index (χ3n) is 6.04. The van der Waals surface area contributed by atoms with Crippen LogP contribution in [0.15, 0.2) is 36.4 Å². The summed E-state index contributed by atoms with van der Waals surface area (Å²) in [5.41, 5.74) is 2.84. The van der Waals surface area contributed by atoms with Crippen molar-refractivity contribution in [2.75, 3.05) is 37.6 Å². The van der Waals surface area contributed by atoms with Gasteiger partial charge >= 0.3 is 0 Å². The van der Waals surface area contributed by atoms with Crippen LogP contribution in [0.25, 0.3) is 0 Å². The van der Waals surface area contributed by atoms with E-state index in [1.165, 1.54) is 63.2 Å². The number of benzene rings is 1. The zero-order valence-corrected chi connectivity index (χ0v) is 13.7. The van der Waals surface area contributed by atoms with Crippen LogP contribution in [0, 0.1) is 24.7 Å². The summed E-state index contributed by atoms with van der Waals surface area (Å²) in [6.07, 6.45) is 9.32. The van der Waals surface area contributed by atoms with Gasteiger partial charge in [0.15, 0.2) is 0 Å². The Morgan fingerprint density at radius 3 is 2.64 bits per heavy atom. The highest BCUT2D eigenvalue weighted by molar-refractivity contribution is 5.53. The van der Waals surface area contributed by atoms with E-state index in [1.807, 2.05) is 0 Å². The van der Waals surface area contributed by atoms with Gasteiger partial charge in [0.25, 0.3) is 0 Å². The fourth-order valence-corrected chi connectivity index (χ4v) is 4.66. The van der Waals surface area contributed by atoms with Crippen molar-refractivity contribution in [3.05, 3.63) is 42.0 Å². The van der Waals surface area contributed by atoms with E-state index in [2.05, 4.69) is 53.1 Å². The number of aryl methyl sites for hydroxylation is 1. The molecule has 2 nitrogen and oxygen atoms in total. The summed E-state index contributed by atoms with van der Waals surface area (Å²) in [5.74, 6) is 2.72. The molecule has 2 fully saturated rings. The Labute approximate surface area is 134 Å². The Balaban J connectivity index is 1.32. The lowest BCUT2D eigenvalue weighted by atomic mass is 9.79. The van der Waals surface area contributed by atoms with Gasteiger partial charge in [0.2, 0.25) is 0 Å². The molecule has 2 aliphatic carbocycles. The summed E-state index contributed by atoms with van der Waals surface area (Å²) < 4.78 is 0. The molecule has 0 spiro atoms. The van der Waals surface area contributed by atoms with E-state index in [9.17, 15) is 0 Å². The lowest BCUT2D eigenvalue weighted by molar-refractivity contribution is 0.161. The van der Waals surface area contributed by atoms with Gasteiger partial charge in [0.05, 0.1) is 0 Å². The molecule has 0 amide bonds. The summed E-state index contributed by atoms with van der Waals surface area (Å²) in [6.45, 7) is 8.37. The maximum Gasteiger partial charge on any atom is 0.0396 e. The molecule has 1 aromatic rings. The number of nitrogens with zero attached hydrogens (tertiary/aromatic N) is 2. The van der Waals surface area contributed by atoms with E-state index in [1.54, 1.807) is 0 Å². The minimum atomic E-state index is 0.883. The predicted molar refractivity (Wildman–Crippen MR) is 93.3 cm³/mol. The Hall–Kier alpha value is -1.28. The van der Waals surface area contributed by atoms with E-state index in [0.29, 0.717) is 0 Å². The molecule has 1 aliphatic heterocycles. The number of rotatable bonds is 3. The molecule has 0 aromatic heterocycles. The van der Waals surface area contributed by atoms with Crippen LogP contribution >= 0.6 is 0 Å². The zero-order chi connectivity index (χ0) is 14.9. The fraction of sp³-hybridized carbons (Fsp3) is 0.600. The Bertz CT molecular complexity index is 542. The molecule has 1 aromatic carbocycles. The quantitative estimate of drug-likeness (QED) is 0.784. The summed E-state index contributed by atoms with van der Waals surface area (Å²) in [7, 11) is 0. The number of hydrogen-bond acceptors (Lipinski definition) is 2. The van der Waals surface area contributed by atoms with Gasteiger partial charge in [-0.2, -0.15) is 0 Å². The number of para-hydroxylation sites is 1. The molecular formula is C20H28N2. The third-order valence-corrected chi connectivity index (χ3v) is 6.04. The van der Waals surface area contributed by atoms with Crippen molar-refractivity contribution in [3.8, 4) is 0 Å². The first-order valence-electron chi connectivity index (χ1n) is 9.01. The van der Waals surface area contributed by atoms with E-state index < -0.39 is 0 Å². The molecule has 2 bridgehead atoms. The first-order valence-corrected chi connectivity index (χ1v) is 9.01. The average Bonchev–Trinajstić information content (AvgIpc) is 2.94. The Kier molecular flexibility index (Phi) is 3.96. The van der Waals surface area contributed by atoms with Gasteiger partial charge in [0.1, 0.15) is 0 Å². The van der Waals surface area contributed by atoms with Crippen molar-refractivity contribution in [2.45, 2.75) is 26.2 Å². The first-order chi connectivity index (χ1) is 10.8. The van der Waals surface area contributed by atoms with Crippen LogP contribution in [-0.2, 0) is 0 Å². The largest absolute Gasteiger partial charge is 0.369 e. The van der Waals surface area contributed by atoms with Gasteiger partial charge < -0.3 is 4.90 Å². The average molecular weight is 296 g/mol. The van der Waals surface area contributed by atoms with E-state index >= 15 is 0 Å². The van der Waals surface area contributed by atoms with Gasteiger partial charge in [0, 0.05) is 38.4 Å². The first kappa shape index (κ1) is 14.3. The third kappa shape index (κ3) is 2.81. The van der Waals surface area contributed by atoms with Crippen LogP contribution in [0.3, 0.4) is 0 Å². The molecule has 1 saturated heterocycles. The number of allylic oxidation sites excluding steroid dienone is 2. The molecular weight excluding hydrogens is 268 g/mol. The molecule has 2 heteroatoms.